The van der Waals surface area contributed by atoms with Gasteiger partial charge in [0.2, 0.25) is 0 Å². The van der Waals surface area contributed by atoms with Crippen molar-refractivity contribution in [2.75, 3.05) is 0 Å². The number of halogens is 2. The van der Waals surface area contributed by atoms with Gasteiger partial charge < -0.3 is 4.74 Å². The zero-order valence-electron chi connectivity index (χ0n) is 19.0. The van der Waals surface area contributed by atoms with Gasteiger partial charge in [0.1, 0.15) is 29.2 Å². The van der Waals surface area contributed by atoms with E-state index < -0.39 is 0 Å². The Bertz CT molecular complexity index is 1220. The fraction of sp³-hybridized carbons (Fsp3) is 0.333. The number of ether oxygens (including phenoxy) is 1. The molecule has 0 unspecified atom stereocenters. The van der Waals surface area contributed by atoms with Crippen molar-refractivity contribution in [2.24, 2.45) is 16.3 Å². The van der Waals surface area contributed by atoms with Crippen LogP contribution < -0.4 is 4.74 Å². The predicted octanol–water partition coefficient (Wildman–Crippen LogP) is 7.89. The van der Waals surface area contributed by atoms with Gasteiger partial charge in [0, 0.05) is 21.7 Å². The minimum absolute atomic E-state index is 0.246. The van der Waals surface area contributed by atoms with Crippen molar-refractivity contribution in [2.45, 2.75) is 46.6 Å². The van der Waals surface area contributed by atoms with Gasteiger partial charge in [-0.3, -0.25) is 0 Å². The Kier molecular flexibility index (Phi) is 6.88. The van der Waals surface area contributed by atoms with Crippen molar-refractivity contribution < 1.29 is 9.13 Å². The standard InChI is InChI=1S/C27H26ClFN2OS/c1-27(2,3)19-6-10-22-23(14-30)26(33-25(22)13-19)31-15-18-12-20(28)7-11-24(18)32-16-17-4-8-21(29)9-5-17/h4-5,7-9,11-12,15,19H,6,10,13,16H2,1-3H3/t19-/m1/s1. The quantitative estimate of drug-likeness (QED) is 0.348. The summed E-state index contributed by atoms with van der Waals surface area (Å²) in [6.45, 7) is 7.15. The Morgan fingerprint density at radius 2 is 2.00 bits per heavy atom. The minimum Gasteiger partial charge on any atom is -0.488 e. The molecule has 0 aliphatic heterocycles. The van der Waals surface area contributed by atoms with Crippen LogP contribution in [-0.4, -0.2) is 6.21 Å². The van der Waals surface area contributed by atoms with Crippen LogP contribution in [0.1, 0.15) is 54.3 Å². The van der Waals surface area contributed by atoms with Crippen LogP contribution in [-0.2, 0) is 19.4 Å². The van der Waals surface area contributed by atoms with Gasteiger partial charge in [0.15, 0.2) is 0 Å². The molecule has 0 saturated heterocycles. The highest BCUT2D eigenvalue weighted by Gasteiger charge is 2.32. The van der Waals surface area contributed by atoms with Crippen LogP contribution in [0.25, 0.3) is 0 Å². The second-order valence-electron chi connectivity index (χ2n) is 9.46. The molecular formula is C27H26ClFN2OS. The number of aliphatic imine (C=N–C) groups is 1. The first kappa shape index (κ1) is 23.5. The number of hydrogen-bond donors (Lipinski definition) is 0. The zero-order chi connectivity index (χ0) is 23.6. The molecule has 170 valence electrons. The smallest absolute Gasteiger partial charge is 0.134 e. The van der Waals surface area contributed by atoms with E-state index in [0.29, 0.717) is 28.9 Å². The SMILES string of the molecule is CC(C)(C)[C@@H]1CCc2c(sc(N=Cc3cc(Cl)ccc3OCc3ccc(F)cc3)c2C#N)C1. The van der Waals surface area contributed by atoms with Crippen LogP contribution in [0.15, 0.2) is 47.5 Å². The maximum atomic E-state index is 13.2. The average molecular weight is 481 g/mol. The third kappa shape index (κ3) is 5.46. The minimum atomic E-state index is -0.279. The largest absolute Gasteiger partial charge is 0.488 e. The summed E-state index contributed by atoms with van der Waals surface area (Å²) in [5.41, 5.74) is 3.69. The zero-order valence-corrected chi connectivity index (χ0v) is 20.6. The lowest BCUT2D eigenvalue weighted by atomic mass is 9.72. The van der Waals surface area contributed by atoms with E-state index >= 15 is 0 Å². The van der Waals surface area contributed by atoms with Crippen LogP contribution in [0.3, 0.4) is 0 Å². The Hall–Kier alpha value is -2.68. The highest BCUT2D eigenvalue weighted by molar-refractivity contribution is 7.16. The van der Waals surface area contributed by atoms with E-state index in [2.05, 4.69) is 26.8 Å². The lowest BCUT2D eigenvalue weighted by Crippen LogP contribution is -2.26. The summed E-state index contributed by atoms with van der Waals surface area (Å²) >= 11 is 7.84. The molecular weight excluding hydrogens is 455 g/mol. The molecule has 3 nitrogen and oxygen atoms in total. The molecule has 2 aromatic carbocycles. The van der Waals surface area contributed by atoms with Gasteiger partial charge in [0.25, 0.3) is 0 Å². The summed E-state index contributed by atoms with van der Waals surface area (Å²) in [7, 11) is 0. The summed E-state index contributed by atoms with van der Waals surface area (Å²) in [6.07, 6.45) is 4.73. The molecule has 0 spiro atoms. The lowest BCUT2D eigenvalue weighted by Gasteiger charge is -2.33. The highest BCUT2D eigenvalue weighted by Crippen LogP contribution is 2.45. The number of thiophene rings is 1. The van der Waals surface area contributed by atoms with Gasteiger partial charge in [-0.05, 0) is 72.1 Å². The molecule has 1 heterocycles. The van der Waals surface area contributed by atoms with Crippen molar-refractivity contribution in [3.05, 3.63) is 80.4 Å². The molecule has 1 aliphatic carbocycles. The van der Waals surface area contributed by atoms with Crippen LogP contribution >= 0.6 is 22.9 Å². The van der Waals surface area contributed by atoms with Gasteiger partial charge in [-0.25, -0.2) is 9.38 Å². The number of fused-ring (bicyclic) bond motifs is 1. The molecule has 4 rings (SSSR count). The number of nitrogens with zero attached hydrogens (tertiary/aromatic N) is 2. The summed E-state index contributed by atoms with van der Waals surface area (Å²) in [5, 5.41) is 11.1. The first-order chi connectivity index (χ1) is 15.7. The molecule has 0 bridgehead atoms. The van der Waals surface area contributed by atoms with Gasteiger partial charge in [0.05, 0.1) is 5.56 Å². The number of hydrogen-bond acceptors (Lipinski definition) is 4. The third-order valence-corrected chi connectivity index (χ3v) is 7.58. The third-order valence-electron chi connectivity index (χ3n) is 6.18. The molecule has 33 heavy (non-hydrogen) atoms. The lowest BCUT2D eigenvalue weighted by molar-refractivity contribution is 0.218. The Morgan fingerprint density at radius 1 is 1.24 bits per heavy atom. The number of rotatable bonds is 5. The second kappa shape index (κ2) is 9.67. The average Bonchev–Trinajstić information content (AvgIpc) is 3.14. The van der Waals surface area contributed by atoms with E-state index in [4.69, 9.17) is 21.3 Å². The predicted molar refractivity (Wildman–Crippen MR) is 133 cm³/mol. The summed E-state index contributed by atoms with van der Waals surface area (Å²) < 4.78 is 19.1. The molecule has 3 aromatic rings. The first-order valence-corrected chi connectivity index (χ1v) is 12.2. The van der Waals surface area contributed by atoms with Crippen LogP contribution in [0.4, 0.5) is 9.39 Å². The maximum absolute atomic E-state index is 13.2. The molecule has 1 aliphatic rings. The summed E-state index contributed by atoms with van der Waals surface area (Å²) in [4.78, 5) is 5.97. The van der Waals surface area contributed by atoms with Crippen molar-refractivity contribution in [3.63, 3.8) is 0 Å². The normalized spacial score (nSPS) is 15.9. The second-order valence-corrected chi connectivity index (χ2v) is 11.0. The number of nitriles is 1. The molecule has 0 radical (unpaired) electrons. The molecule has 0 amide bonds. The molecule has 1 atom stereocenters. The topological polar surface area (TPSA) is 45.4 Å². The monoisotopic (exact) mass is 480 g/mol. The Morgan fingerprint density at radius 3 is 2.70 bits per heavy atom. The van der Waals surface area contributed by atoms with Crippen molar-refractivity contribution in [3.8, 4) is 11.8 Å². The van der Waals surface area contributed by atoms with E-state index in [1.54, 1.807) is 47.9 Å². The fourth-order valence-corrected chi connectivity index (χ4v) is 5.54. The van der Waals surface area contributed by atoms with Gasteiger partial charge in [-0.15, -0.1) is 11.3 Å². The molecule has 0 saturated carbocycles. The fourth-order valence-electron chi connectivity index (χ4n) is 4.14. The van der Waals surface area contributed by atoms with Crippen molar-refractivity contribution in [1.82, 2.24) is 0 Å². The van der Waals surface area contributed by atoms with Gasteiger partial charge >= 0.3 is 0 Å². The van der Waals surface area contributed by atoms with E-state index in [-0.39, 0.29) is 11.2 Å². The molecule has 0 fully saturated rings. The van der Waals surface area contributed by atoms with Gasteiger partial charge in [-0.2, -0.15) is 5.26 Å². The van der Waals surface area contributed by atoms with E-state index in [0.717, 1.165) is 41.0 Å². The van der Waals surface area contributed by atoms with Crippen LogP contribution in [0.2, 0.25) is 5.02 Å². The van der Waals surface area contributed by atoms with E-state index in [9.17, 15) is 9.65 Å². The van der Waals surface area contributed by atoms with E-state index in [1.807, 2.05) is 0 Å². The Balaban J connectivity index is 1.58. The highest BCUT2D eigenvalue weighted by atomic mass is 35.5. The van der Waals surface area contributed by atoms with Crippen LogP contribution in [0.5, 0.6) is 5.75 Å². The van der Waals surface area contributed by atoms with E-state index in [1.165, 1.54) is 17.0 Å². The number of benzene rings is 2. The molecule has 0 N–H and O–H groups in total. The Labute approximate surface area is 203 Å². The maximum Gasteiger partial charge on any atom is 0.134 e. The summed E-state index contributed by atoms with van der Waals surface area (Å²) in [6, 6.07) is 13.9. The molecule has 6 heteroatoms. The van der Waals surface area contributed by atoms with Crippen molar-refractivity contribution >= 4 is 34.2 Å². The molecule has 1 aromatic heterocycles. The van der Waals surface area contributed by atoms with Crippen molar-refractivity contribution in [1.29, 1.82) is 5.26 Å². The first-order valence-electron chi connectivity index (χ1n) is 11.0. The van der Waals surface area contributed by atoms with Gasteiger partial charge in [-0.1, -0.05) is 44.5 Å². The van der Waals surface area contributed by atoms with Crippen LogP contribution in [0, 0.1) is 28.5 Å². The summed E-state index contributed by atoms with van der Waals surface area (Å²) in [5.74, 6) is 0.949.